The molecule has 7 heteroatoms. The van der Waals surface area contributed by atoms with Crippen molar-refractivity contribution in [2.45, 2.75) is 52.1 Å². The molecule has 0 radical (unpaired) electrons. The summed E-state index contributed by atoms with van der Waals surface area (Å²) in [6.07, 6.45) is 0. The highest BCUT2D eigenvalue weighted by Gasteiger charge is 2.30. The van der Waals surface area contributed by atoms with Crippen molar-refractivity contribution < 1.29 is 28.5 Å². The summed E-state index contributed by atoms with van der Waals surface area (Å²) < 4.78 is 29.0. The van der Waals surface area contributed by atoms with E-state index in [4.69, 9.17) is 23.4 Å². The largest absolute Gasteiger partial charge is 0.497 e. The van der Waals surface area contributed by atoms with E-state index in [0.717, 1.165) is 40.4 Å². The number of hydrogen-bond acceptors (Lipinski definition) is 6. The normalized spacial score (nSPS) is 11.4. The molecule has 0 unspecified atom stereocenters. The molecular formula is C24H36O6Si. The van der Waals surface area contributed by atoms with E-state index in [9.17, 15) is 5.11 Å². The quantitative estimate of drug-likeness (QED) is 0.439. The van der Waals surface area contributed by atoms with Crippen LogP contribution in [0.25, 0.3) is 11.1 Å². The van der Waals surface area contributed by atoms with Crippen molar-refractivity contribution >= 4 is 8.32 Å². The summed E-state index contributed by atoms with van der Waals surface area (Å²) in [6, 6.07) is 10.8. The molecule has 2 aromatic carbocycles. The Morgan fingerprint density at radius 3 is 1.90 bits per heavy atom. The summed E-state index contributed by atoms with van der Waals surface area (Å²) in [4.78, 5) is 0. The zero-order chi connectivity index (χ0) is 23.0. The number of aliphatic hydroxyl groups excluding tert-OH is 1. The van der Waals surface area contributed by atoms with Crippen LogP contribution in [0.15, 0.2) is 24.3 Å². The van der Waals surface area contributed by atoms with Gasteiger partial charge in [0.2, 0.25) is 5.75 Å². The highest BCUT2D eigenvalue weighted by molar-refractivity contribution is 6.73. The Morgan fingerprint density at radius 2 is 1.42 bits per heavy atom. The summed E-state index contributed by atoms with van der Waals surface area (Å²) in [6.45, 7) is 6.93. The van der Waals surface area contributed by atoms with Gasteiger partial charge < -0.3 is 28.5 Å². The average molecular weight is 449 g/mol. The molecule has 0 aromatic heterocycles. The number of hydrogen-bond donors (Lipinski definition) is 1. The number of methoxy groups -OCH3 is 4. The second-order valence-corrected chi connectivity index (χ2v) is 12.2. The lowest BCUT2D eigenvalue weighted by Gasteiger charge is -2.29. The molecule has 2 rings (SSSR count). The molecular weight excluding hydrogens is 412 g/mol. The predicted molar refractivity (Wildman–Crippen MR) is 126 cm³/mol. The molecule has 0 spiro atoms. The molecule has 2 aromatic rings. The topological polar surface area (TPSA) is 66.4 Å². The molecule has 0 heterocycles. The van der Waals surface area contributed by atoms with Crippen molar-refractivity contribution in [3.63, 3.8) is 0 Å². The Balaban J connectivity index is 2.75. The van der Waals surface area contributed by atoms with Gasteiger partial charge in [0, 0.05) is 5.56 Å². The minimum absolute atomic E-state index is 0.137. The number of aliphatic hydroxyl groups is 1. The van der Waals surface area contributed by atoms with Crippen LogP contribution in [0.5, 0.6) is 23.0 Å². The van der Waals surface area contributed by atoms with Gasteiger partial charge in [0.25, 0.3) is 0 Å². The first kappa shape index (κ1) is 25.0. The van der Waals surface area contributed by atoms with Gasteiger partial charge in [-0.2, -0.15) is 0 Å². The van der Waals surface area contributed by atoms with Crippen LogP contribution in [0, 0.1) is 0 Å². The standard InChI is InChI=1S/C24H36O6Si/c1-8-31(9-2,10-3)30-16-18-14-21(27-5)23(28-6)24(29-7)22(18)20-12-11-19(26-4)13-17(20)15-25/h11-14,25H,8-10,15-16H2,1-7H3. The van der Waals surface area contributed by atoms with E-state index in [0.29, 0.717) is 29.6 Å². The Hall–Kier alpha value is -2.22. The maximum atomic E-state index is 10.1. The van der Waals surface area contributed by atoms with Crippen LogP contribution in [-0.4, -0.2) is 41.9 Å². The zero-order valence-corrected chi connectivity index (χ0v) is 20.8. The molecule has 0 saturated carbocycles. The van der Waals surface area contributed by atoms with Gasteiger partial charge in [-0.15, -0.1) is 0 Å². The molecule has 31 heavy (non-hydrogen) atoms. The SMILES string of the molecule is CC[Si](CC)(CC)OCc1cc(OC)c(OC)c(OC)c1-c1ccc(OC)cc1CO. The Bertz CT molecular complexity index is 855. The van der Waals surface area contributed by atoms with E-state index >= 15 is 0 Å². The van der Waals surface area contributed by atoms with Crippen LogP contribution in [-0.2, 0) is 17.6 Å². The lowest BCUT2D eigenvalue weighted by molar-refractivity contribution is 0.280. The van der Waals surface area contributed by atoms with Crippen molar-refractivity contribution in [1.29, 1.82) is 0 Å². The molecule has 0 aliphatic rings. The van der Waals surface area contributed by atoms with E-state index in [1.54, 1.807) is 28.4 Å². The molecule has 172 valence electrons. The number of rotatable bonds is 12. The van der Waals surface area contributed by atoms with Gasteiger partial charge in [-0.05, 0) is 53.0 Å². The van der Waals surface area contributed by atoms with Gasteiger partial charge in [0.1, 0.15) is 5.75 Å². The summed E-state index contributed by atoms with van der Waals surface area (Å²) >= 11 is 0. The molecule has 0 atom stereocenters. The van der Waals surface area contributed by atoms with E-state index in [2.05, 4.69) is 20.8 Å². The first-order valence-electron chi connectivity index (χ1n) is 10.7. The van der Waals surface area contributed by atoms with Crippen LogP contribution >= 0.6 is 0 Å². The highest BCUT2D eigenvalue weighted by Crippen LogP contribution is 2.48. The minimum Gasteiger partial charge on any atom is -0.497 e. The third kappa shape index (κ3) is 5.17. The average Bonchev–Trinajstić information content (AvgIpc) is 2.83. The molecule has 0 amide bonds. The van der Waals surface area contributed by atoms with Gasteiger partial charge >= 0.3 is 0 Å². The fourth-order valence-corrected chi connectivity index (χ4v) is 6.55. The Kier molecular flexibility index (Phi) is 9.22. The molecule has 0 aliphatic heterocycles. The van der Waals surface area contributed by atoms with Crippen molar-refractivity contribution in [3.05, 3.63) is 35.4 Å². The maximum Gasteiger partial charge on any atom is 0.203 e. The summed E-state index contributed by atoms with van der Waals surface area (Å²) in [5.74, 6) is 2.32. The lowest BCUT2D eigenvalue weighted by atomic mass is 9.93. The second-order valence-electron chi connectivity index (χ2n) is 7.39. The maximum absolute atomic E-state index is 10.1. The molecule has 0 bridgehead atoms. The van der Waals surface area contributed by atoms with Crippen molar-refractivity contribution in [1.82, 2.24) is 0 Å². The van der Waals surface area contributed by atoms with E-state index in [1.165, 1.54) is 0 Å². The smallest absolute Gasteiger partial charge is 0.203 e. The summed E-state index contributed by atoms with van der Waals surface area (Å²) in [5.41, 5.74) is 3.34. The van der Waals surface area contributed by atoms with Crippen LogP contribution in [0.3, 0.4) is 0 Å². The molecule has 6 nitrogen and oxygen atoms in total. The van der Waals surface area contributed by atoms with Crippen LogP contribution in [0.2, 0.25) is 18.1 Å². The Labute approximate surface area is 187 Å². The minimum atomic E-state index is -1.82. The van der Waals surface area contributed by atoms with Crippen LogP contribution in [0.1, 0.15) is 31.9 Å². The fourth-order valence-electron chi connectivity index (χ4n) is 3.97. The van der Waals surface area contributed by atoms with Crippen LogP contribution < -0.4 is 18.9 Å². The first-order valence-corrected chi connectivity index (χ1v) is 13.2. The zero-order valence-electron chi connectivity index (χ0n) is 19.8. The van der Waals surface area contributed by atoms with E-state index in [-0.39, 0.29) is 6.61 Å². The Morgan fingerprint density at radius 1 is 0.774 bits per heavy atom. The van der Waals surface area contributed by atoms with Gasteiger partial charge in [-0.3, -0.25) is 0 Å². The number of benzene rings is 2. The monoisotopic (exact) mass is 448 g/mol. The highest BCUT2D eigenvalue weighted by atomic mass is 28.4. The van der Waals surface area contributed by atoms with Gasteiger partial charge in [0.05, 0.1) is 41.7 Å². The van der Waals surface area contributed by atoms with E-state index < -0.39 is 8.32 Å². The first-order chi connectivity index (χ1) is 15.0. The van der Waals surface area contributed by atoms with E-state index in [1.807, 2.05) is 24.3 Å². The lowest BCUT2D eigenvalue weighted by Crippen LogP contribution is -2.35. The molecule has 0 saturated heterocycles. The predicted octanol–water partition coefficient (Wildman–Crippen LogP) is 5.40. The number of ether oxygens (including phenoxy) is 4. The second kappa shape index (κ2) is 11.4. The van der Waals surface area contributed by atoms with Gasteiger partial charge in [-0.25, -0.2) is 0 Å². The molecule has 1 N–H and O–H groups in total. The summed E-state index contributed by atoms with van der Waals surface area (Å²) in [5, 5.41) is 10.1. The fraction of sp³-hybridized carbons (Fsp3) is 0.500. The molecule has 0 fully saturated rings. The van der Waals surface area contributed by atoms with Crippen molar-refractivity contribution in [2.75, 3.05) is 28.4 Å². The van der Waals surface area contributed by atoms with Gasteiger partial charge in [0.15, 0.2) is 19.8 Å². The molecule has 0 aliphatic carbocycles. The van der Waals surface area contributed by atoms with Crippen molar-refractivity contribution in [3.8, 4) is 34.1 Å². The third-order valence-electron chi connectivity index (χ3n) is 6.13. The van der Waals surface area contributed by atoms with Crippen LogP contribution in [0.4, 0.5) is 0 Å². The third-order valence-corrected chi connectivity index (χ3v) is 10.8. The van der Waals surface area contributed by atoms with Crippen molar-refractivity contribution in [2.24, 2.45) is 0 Å². The van der Waals surface area contributed by atoms with Gasteiger partial charge in [-0.1, -0.05) is 26.8 Å². The summed E-state index contributed by atoms with van der Waals surface area (Å²) in [7, 11) is 4.59.